The van der Waals surface area contributed by atoms with Gasteiger partial charge >= 0.3 is 0 Å². The number of nitrogens with one attached hydrogen (secondary N) is 1. The molecule has 0 bridgehead atoms. The van der Waals surface area contributed by atoms with Gasteiger partial charge in [-0.3, -0.25) is 9.10 Å². The average molecular weight is 426 g/mol. The van der Waals surface area contributed by atoms with E-state index >= 15 is 0 Å². The zero-order valence-electron chi connectivity index (χ0n) is 16.3. The molecule has 0 aliphatic carbocycles. The molecule has 0 aliphatic rings. The summed E-state index contributed by atoms with van der Waals surface area (Å²) < 4.78 is 57.0. The van der Waals surface area contributed by atoms with Gasteiger partial charge in [0.25, 0.3) is 0 Å². The lowest BCUT2D eigenvalue weighted by Crippen LogP contribution is -2.41. The number of nitrogens with zero attached hydrogens (tertiary/aromatic N) is 1. The second-order valence-corrected chi connectivity index (χ2v) is 8.30. The van der Waals surface area contributed by atoms with E-state index in [1.54, 1.807) is 0 Å². The maximum absolute atomic E-state index is 14.0. The minimum Gasteiger partial charge on any atom is -0.494 e. The SMILES string of the molecule is CCOc1ccc(CCCNC(=O)CN(c2ccc(F)cc2F)S(C)(=O)=O)cc1. The van der Waals surface area contributed by atoms with Gasteiger partial charge in [-0.2, -0.15) is 0 Å². The van der Waals surface area contributed by atoms with E-state index in [0.717, 1.165) is 36.1 Å². The lowest BCUT2D eigenvalue weighted by molar-refractivity contribution is -0.119. The van der Waals surface area contributed by atoms with Crippen molar-refractivity contribution >= 4 is 21.6 Å². The standard InChI is InChI=1S/C20H24F2N2O4S/c1-3-28-17-9-6-15(7-10-17)5-4-12-23-20(25)14-24(29(2,26)27)19-11-8-16(21)13-18(19)22/h6-11,13H,3-5,12,14H2,1-2H3,(H,23,25). The van der Waals surface area contributed by atoms with Gasteiger partial charge in [0.05, 0.1) is 18.6 Å². The first-order chi connectivity index (χ1) is 13.7. The van der Waals surface area contributed by atoms with Gasteiger partial charge in [-0.25, -0.2) is 17.2 Å². The monoisotopic (exact) mass is 426 g/mol. The van der Waals surface area contributed by atoms with Crippen LogP contribution in [-0.2, 0) is 21.2 Å². The van der Waals surface area contributed by atoms with Crippen LogP contribution in [0.15, 0.2) is 42.5 Å². The van der Waals surface area contributed by atoms with Crippen molar-refractivity contribution in [2.75, 3.05) is 30.3 Å². The second kappa shape index (κ2) is 10.2. The van der Waals surface area contributed by atoms with E-state index in [1.165, 1.54) is 0 Å². The zero-order chi connectivity index (χ0) is 21.4. The number of rotatable bonds is 10. The zero-order valence-corrected chi connectivity index (χ0v) is 17.1. The van der Waals surface area contributed by atoms with Crippen LogP contribution in [0.25, 0.3) is 0 Å². The largest absolute Gasteiger partial charge is 0.494 e. The Morgan fingerprint density at radius 1 is 1.14 bits per heavy atom. The van der Waals surface area contributed by atoms with E-state index in [-0.39, 0.29) is 5.69 Å². The van der Waals surface area contributed by atoms with Crippen molar-refractivity contribution in [1.82, 2.24) is 5.32 Å². The summed E-state index contributed by atoms with van der Waals surface area (Å²) in [5, 5.41) is 2.62. The van der Waals surface area contributed by atoms with E-state index in [1.807, 2.05) is 31.2 Å². The lowest BCUT2D eigenvalue weighted by atomic mass is 10.1. The molecular weight excluding hydrogens is 402 g/mol. The summed E-state index contributed by atoms with van der Waals surface area (Å²) >= 11 is 0. The highest BCUT2D eigenvalue weighted by molar-refractivity contribution is 7.92. The van der Waals surface area contributed by atoms with Gasteiger partial charge in [0.2, 0.25) is 15.9 Å². The Morgan fingerprint density at radius 2 is 1.83 bits per heavy atom. The summed E-state index contributed by atoms with van der Waals surface area (Å²) in [6.07, 6.45) is 2.22. The number of sulfonamides is 1. The van der Waals surface area contributed by atoms with Crippen LogP contribution in [0.5, 0.6) is 5.75 Å². The number of carbonyl (C=O) groups is 1. The van der Waals surface area contributed by atoms with Gasteiger partial charge in [-0.15, -0.1) is 0 Å². The molecule has 0 spiro atoms. The Labute approximate surface area is 169 Å². The van der Waals surface area contributed by atoms with Crippen molar-refractivity contribution < 1.29 is 26.7 Å². The van der Waals surface area contributed by atoms with Crippen LogP contribution in [0.3, 0.4) is 0 Å². The number of anilines is 1. The van der Waals surface area contributed by atoms with Crippen LogP contribution >= 0.6 is 0 Å². The molecule has 158 valence electrons. The molecule has 1 N–H and O–H groups in total. The minimum atomic E-state index is -3.93. The molecule has 2 aromatic carbocycles. The summed E-state index contributed by atoms with van der Waals surface area (Å²) in [5.41, 5.74) is 0.701. The van der Waals surface area contributed by atoms with E-state index in [0.29, 0.717) is 29.9 Å². The summed E-state index contributed by atoms with van der Waals surface area (Å²) in [7, 11) is -3.93. The Hall–Kier alpha value is -2.68. The first kappa shape index (κ1) is 22.6. The Morgan fingerprint density at radius 3 is 2.41 bits per heavy atom. The van der Waals surface area contributed by atoms with Crippen LogP contribution < -0.4 is 14.4 Å². The molecular formula is C20H24F2N2O4S. The Balaban J connectivity index is 1.88. The smallest absolute Gasteiger partial charge is 0.240 e. The van der Waals surface area contributed by atoms with Gasteiger partial charge in [0.15, 0.2) is 0 Å². The summed E-state index contributed by atoms with van der Waals surface area (Å²) in [6.45, 7) is 2.24. The molecule has 1 amide bonds. The number of halogens is 2. The first-order valence-corrected chi connectivity index (χ1v) is 11.0. The van der Waals surface area contributed by atoms with Crippen molar-refractivity contribution in [1.29, 1.82) is 0 Å². The molecule has 0 saturated heterocycles. The molecule has 2 aromatic rings. The number of aryl methyl sites for hydroxylation is 1. The van der Waals surface area contributed by atoms with Crippen molar-refractivity contribution in [3.8, 4) is 5.75 Å². The van der Waals surface area contributed by atoms with Crippen LogP contribution in [0, 0.1) is 11.6 Å². The molecule has 29 heavy (non-hydrogen) atoms. The second-order valence-electron chi connectivity index (χ2n) is 6.40. The normalized spacial score (nSPS) is 11.2. The lowest BCUT2D eigenvalue weighted by Gasteiger charge is -2.22. The average Bonchev–Trinajstić information content (AvgIpc) is 2.64. The number of hydrogen-bond acceptors (Lipinski definition) is 4. The number of amides is 1. The van der Waals surface area contributed by atoms with E-state index in [9.17, 15) is 22.0 Å². The number of carbonyl (C=O) groups excluding carboxylic acids is 1. The summed E-state index contributed by atoms with van der Waals surface area (Å²) in [4.78, 5) is 12.1. The Bertz CT molecular complexity index is 934. The fraction of sp³-hybridized carbons (Fsp3) is 0.350. The minimum absolute atomic E-state index is 0.329. The van der Waals surface area contributed by atoms with Gasteiger partial charge in [-0.1, -0.05) is 12.1 Å². The van der Waals surface area contributed by atoms with Gasteiger partial charge in [0, 0.05) is 12.6 Å². The molecule has 0 aromatic heterocycles. The third-order valence-electron chi connectivity index (χ3n) is 4.06. The molecule has 0 saturated carbocycles. The van der Waals surface area contributed by atoms with Crippen molar-refractivity contribution in [3.05, 3.63) is 59.7 Å². The molecule has 6 nitrogen and oxygen atoms in total. The molecule has 0 heterocycles. The van der Waals surface area contributed by atoms with Crippen LogP contribution in [0.1, 0.15) is 18.9 Å². The van der Waals surface area contributed by atoms with Crippen molar-refractivity contribution in [2.45, 2.75) is 19.8 Å². The fourth-order valence-electron chi connectivity index (χ4n) is 2.69. The summed E-state index contributed by atoms with van der Waals surface area (Å²) in [6, 6.07) is 10.1. The van der Waals surface area contributed by atoms with E-state index in [4.69, 9.17) is 4.74 Å². The van der Waals surface area contributed by atoms with E-state index in [2.05, 4.69) is 5.32 Å². The number of hydrogen-bond donors (Lipinski definition) is 1. The van der Waals surface area contributed by atoms with Crippen LogP contribution in [0.2, 0.25) is 0 Å². The first-order valence-electron chi connectivity index (χ1n) is 9.12. The van der Waals surface area contributed by atoms with Crippen LogP contribution in [-0.4, -0.2) is 40.3 Å². The van der Waals surface area contributed by atoms with Gasteiger partial charge in [0.1, 0.15) is 23.9 Å². The van der Waals surface area contributed by atoms with Crippen molar-refractivity contribution in [2.24, 2.45) is 0 Å². The van der Waals surface area contributed by atoms with Crippen LogP contribution in [0.4, 0.5) is 14.5 Å². The maximum atomic E-state index is 14.0. The molecule has 0 fully saturated rings. The number of ether oxygens (including phenoxy) is 1. The highest BCUT2D eigenvalue weighted by atomic mass is 32.2. The fourth-order valence-corrected chi connectivity index (χ4v) is 3.55. The molecule has 0 unspecified atom stereocenters. The third-order valence-corrected chi connectivity index (χ3v) is 5.19. The molecule has 0 atom stereocenters. The number of benzene rings is 2. The predicted octanol–water partition coefficient (Wildman–Crippen LogP) is 2.88. The van der Waals surface area contributed by atoms with E-state index < -0.39 is 34.1 Å². The maximum Gasteiger partial charge on any atom is 0.240 e. The Kier molecular flexibility index (Phi) is 7.95. The predicted molar refractivity (Wildman–Crippen MR) is 107 cm³/mol. The molecule has 2 rings (SSSR count). The highest BCUT2D eigenvalue weighted by Gasteiger charge is 2.23. The molecule has 0 aliphatic heterocycles. The molecule has 0 radical (unpaired) electrons. The van der Waals surface area contributed by atoms with Gasteiger partial charge < -0.3 is 10.1 Å². The topological polar surface area (TPSA) is 75.7 Å². The van der Waals surface area contributed by atoms with Gasteiger partial charge in [-0.05, 0) is 49.6 Å². The third kappa shape index (κ3) is 7.01. The summed E-state index contributed by atoms with van der Waals surface area (Å²) in [5.74, 6) is -1.68. The van der Waals surface area contributed by atoms with Crippen molar-refractivity contribution in [3.63, 3.8) is 0 Å². The quantitative estimate of drug-likeness (QED) is 0.593. The molecule has 9 heteroatoms. The highest BCUT2D eigenvalue weighted by Crippen LogP contribution is 2.22.